The third-order valence-corrected chi connectivity index (χ3v) is 8.06. The van der Waals surface area contributed by atoms with Crippen molar-refractivity contribution >= 4 is 56.3 Å². The molecule has 3 atom stereocenters. The van der Waals surface area contributed by atoms with E-state index in [0.717, 1.165) is 20.8 Å². The fourth-order valence-electron chi connectivity index (χ4n) is 5.17. The molecular weight excluding hydrogens is 604 g/mol. The molecule has 10 N–H and O–H groups in total. The summed E-state index contributed by atoms with van der Waals surface area (Å²) in [4.78, 5) is 57.6. The average molecular weight is 646 g/mol. The number of nitrogens with two attached hydrogens (primary N) is 4. The summed E-state index contributed by atoms with van der Waals surface area (Å²) in [6, 6.07) is 9.10. The number of carbonyl (C=O) groups is 4. The van der Waals surface area contributed by atoms with Crippen LogP contribution >= 0.6 is 15.9 Å². The maximum absolute atomic E-state index is 13.5. The molecule has 1 saturated heterocycles. The lowest BCUT2D eigenvalue weighted by Gasteiger charge is -2.27. The Labute approximate surface area is 254 Å². The van der Waals surface area contributed by atoms with Crippen LogP contribution in [0.2, 0.25) is 0 Å². The summed E-state index contributed by atoms with van der Waals surface area (Å²) in [5.74, 6) is -1.85. The molecule has 0 aliphatic carbocycles. The van der Waals surface area contributed by atoms with Crippen molar-refractivity contribution in [2.45, 2.75) is 69.5 Å². The third-order valence-electron chi connectivity index (χ3n) is 7.36. The van der Waals surface area contributed by atoms with Crippen LogP contribution in [0, 0.1) is 0 Å². The molecule has 4 amide bonds. The Kier molecular flexibility index (Phi) is 12.5. The zero-order chi connectivity index (χ0) is 30.6. The van der Waals surface area contributed by atoms with Gasteiger partial charge < -0.3 is 38.5 Å². The first-order valence-electron chi connectivity index (χ1n) is 14.2. The van der Waals surface area contributed by atoms with Crippen LogP contribution in [0.4, 0.5) is 0 Å². The molecule has 0 radical (unpaired) electrons. The molecule has 1 aliphatic heterocycles. The Balaban J connectivity index is 1.68. The van der Waals surface area contributed by atoms with Gasteiger partial charge in [-0.3, -0.25) is 24.2 Å². The Hall–Kier alpha value is -3.71. The number of fused-ring (bicyclic) bond motifs is 1. The summed E-state index contributed by atoms with van der Waals surface area (Å²) in [5.41, 5.74) is 22.7. The fraction of sp³-hybridized carbons (Fsp3) is 0.483. The monoisotopic (exact) mass is 644 g/mol. The lowest BCUT2D eigenvalue weighted by molar-refractivity contribution is -0.139. The number of amides is 4. The second-order valence-electron chi connectivity index (χ2n) is 10.4. The van der Waals surface area contributed by atoms with Crippen molar-refractivity contribution in [3.05, 3.63) is 46.4 Å². The van der Waals surface area contributed by atoms with Gasteiger partial charge in [-0.1, -0.05) is 46.3 Å². The van der Waals surface area contributed by atoms with Crippen molar-refractivity contribution in [2.75, 3.05) is 19.6 Å². The van der Waals surface area contributed by atoms with Gasteiger partial charge >= 0.3 is 0 Å². The van der Waals surface area contributed by atoms with Gasteiger partial charge in [0.1, 0.15) is 18.1 Å². The van der Waals surface area contributed by atoms with E-state index in [2.05, 4.69) is 31.6 Å². The van der Waals surface area contributed by atoms with Gasteiger partial charge in [-0.05, 0) is 73.9 Å². The van der Waals surface area contributed by atoms with E-state index in [1.54, 1.807) is 4.90 Å². The van der Waals surface area contributed by atoms with Gasteiger partial charge in [0.2, 0.25) is 23.6 Å². The zero-order valence-corrected chi connectivity index (χ0v) is 25.3. The Morgan fingerprint density at radius 1 is 0.952 bits per heavy atom. The maximum Gasteiger partial charge on any atom is 0.243 e. The van der Waals surface area contributed by atoms with Gasteiger partial charge in [-0.15, -0.1) is 0 Å². The lowest BCUT2D eigenvalue weighted by atomic mass is 10.0. The van der Waals surface area contributed by atoms with Crippen LogP contribution in [0.5, 0.6) is 0 Å². The summed E-state index contributed by atoms with van der Waals surface area (Å²) in [7, 11) is 0. The maximum atomic E-state index is 13.5. The minimum absolute atomic E-state index is 0.0676. The highest BCUT2D eigenvalue weighted by Gasteiger charge is 2.36. The summed E-state index contributed by atoms with van der Waals surface area (Å²) < 4.78 is 0.944. The van der Waals surface area contributed by atoms with E-state index in [4.69, 9.17) is 22.9 Å². The minimum Gasteiger partial charge on any atom is -0.370 e. The van der Waals surface area contributed by atoms with Crippen LogP contribution in [-0.2, 0) is 25.6 Å². The van der Waals surface area contributed by atoms with Crippen molar-refractivity contribution in [3.8, 4) is 0 Å². The van der Waals surface area contributed by atoms with Gasteiger partial charge in [0.05, 0.1) is 6.42 Å². The molecule has 228 valence electrons. The number of guanidine groups is 1. The van der Waals surface area contributed by atoms with Gasteiger partial charge in [0, 0.05) is 17.6 Å². The highest BCUT2D eigenvalue weighted by Crippen LogP contribution is 2.28. The number of nitrogens with zero attached hydrogens (tertiary/aromatic N) is 2. The van der Waals surface area contributed by atoms with E-state index in [-0.39, 0.29) is 31.3 Å². The first-order valence-corrected chi connectivity index (χ1v) is 15.0. The van der Waals surface area contributed by atoms with Crippen LogP contribution in [0.1, 0.15) is 50.5 Å². The molecule has 0 bridgehead atoms. The summed E-state index contributed by atoms with van der Waals surface area (Å²) in [5, 5.41) is 7.47. The fourth-order valence-corrected chi connectivity index (χ4v) is 5.65. The van der Waals surface area contributed by atoms with Gasteiger partial charge in [-0.2, -0.15) is 0 Å². The number of halogens is 1. The molecular formula is C29H41BrN8O4. The first kappa shape index (κ1) is 32.8. The molecule has 12 nitrogen and oxygen atoms in total. The molecule has 1 fully saturated rings. The Morgan fingerprint density at radius 3 is 2.36 bits per heavy atom. The van der Waals surface area contributed by atoms with Gasteiger partial charge in [0.15, 0.2) is 5.96 Å². The number of hydrogen-bond donors (Lipinski definition) is 6. The predicted molar refractivity (Wildman–Crippen MR) is 166 cm³/mol. The van der Waals surface area contributed by atoms with Crippen molar-refractivity contribution < 1.29 is 19.2 Å². The summed E-state index contributed by atoms with van der Waals surface area (Å²) >= 11 is 3.56. The lowest BCUT2D eigenvalue weighted by Crippen LogP contribution is -2.56. The largest absolute Gasteiger partial charge is 0.370 e. The molecule has 0 spiro atoms. The van der Waals surface area contributed by atoms with Crippen molar-refractivity contribution in [1.82, 2.24) is 15.5 Å². The number of rotatable bonds is 15. The minimum atomic E-state index is -0.953. The summed E-state index contributed by atoms with van der Waals surface area (Å²) in [6.07, 6.45) is 3.54. The number of hydrogen-bond acceptors (Lipinski definition) is 6. The van der Waals surface area contributed by atoms with E-state index in [0.29, 0.717) is 51.6 Å². The second kappa shape index (κ2) is 16.1. The normalized spacial score (nSPS) is 16.0. The van der Waals surface area contributed by atoms with E-state index in [1.807, 2.05) is 36.4 Å². The average Bonchev–Trinajstić information content (AvgIpc) is 3.46. The molecule has 1 aliphatic rings. The number of benzene rings is 2. The van der Waals surface area contributed by atoms with E-state index >= 15 is 0 Å². The van der Waals surface area contributed by atoms with E-state index < -0.39 is 35.8 Å². The molecule has 2 aromatic carbocycles. The zero-order valence-electron chi connectivity index (χ0n) is 23.7. The Bertz CT molecular complexity index is 1300. The number of primary amides is 1. The number of nitrogens with one attached hydrogen (secondary N) is 2. The molecule has 0 saturated carbocycles. The van der Waals surface area contributed by atoms with Crippen LogP contribution in [0.15, 0.2) is 45.9 Å². The highest BCUT2D eigenvalue weighted by molar-refractivity contribution is 9.10. The van der Waals surface area contributed by atoms with Crippen molar-refractivity contribution in [2.24, 2.45) is 27.9 Å². The standard InChI is InChI=1S/C29H41BrN8O4/c30-21-13-12-18(19-7-1-2-8-20(19)21)17-25(39)38-16-6-11-24(38)28(42)37-23(9-3-4-14-31)27(41)36-22(26(32)40)10-5-15-35-29(33)34/h1-2,7-8,12-13,22-24H,3-6,9-11,14-17,31H2,(H2,32,40)(H,36,41)(H,37,42)(H4,33,34,35)/t22-,23-,24-/m0/s1. The molecule has 1 heterocycles. The predicted octanol–water partition coefficient (Wildman–Crippen LogP) is 0.773. The first-order chi connectivity index (χ1) is 20.1. The van der Waals surface area contributed by atoms with Crippen LogP contribution < -0.4 is 33.6 Å². The number of likely N-dealkylation sites (tertiary alicyclic amines) is 1. The molecule has 42 heavy (non-hydrogen) atoms. The topological polar surface area (TPSA) is 212 Å². The number of carbonyl (C=O) groups excluding carboxylic acids is 4. The molecule has 0 unspecified atom stereocenters. The number of aliphatic imine (C=N–C) groups is 1. The van der Waals surface area contributed by atoms with Crippen LogP contribution in [-0.4, -0.2) is 72.2 Å². The smallest absolute Gasteiger partial charge is 0.243 e. The van der Waals surface area contributed by atoms with Crippen molar-refractivity contribution in [1.29, 1.82) is 0 Å². The molecule has 3 rings (SSSR count). The summed E-state index contributed by atoms with van der Waals surface area (Å²) in [6.45, 7) is 1.17. The van der Waals surface area contributed by atoms with E-state index in [1.165, 1.54) is 0 Å². The molecule has 0 aromatic heterocycles. The Morgan fingerprint density at radius 2 is 1.67 bits per heavy atom. The number of unbranched alkanes of at least 4 members (excludes halogenated alkanes) is 1. The quantitative estimate of drug-likeness (QED) is 0.0930. The van der Waals surface area contributed by atoms with Gasteiger partial charge in [-0.25, -0.2) is 0 Å². The SMILES string of the molecule is NCCCC[C@H](NC(=O)[C@@H]1CCCN1C(=O)Cc1ccc(Br)c2ccccc12)C(=O)N[C@@H](CCCN=C(N)N)C(N)=O. The third kappa shape index (κ3) is 9.15. The second-order valence-corrected chi connectivity index (χ2v) is 11.3. The van der Waals surface area contributed by atoms with Crippen molar-refractivity contribution in [3.63, 3.8) is 0 Å². The highest BCUT2D eigenvalue weighted by atomic mass is 79.9. The van der Waals surface area contributed by atoms with Gasteiger partial charge in [0.25, 0.3) is 0 Å². The van der Waals surface area contributed by atoms with E-state index in [9.17, 15) is 19.2 Å². The van der Waals surface area contributed by atoms with Crippen LogP contribution in [0.3, 0.4) is 0 Å². The molecule has 13 heteroatoms. The van der Waals surface area contributed by atoms with Crippen LogP contribution in [0.25, 0.3) is 10.8 Å². The molecule has 2 aromatic rings.